The molecule has 3 fully saturated rings. The molecular formula is C14H12N2O6. The minimum atomic E-state index is -0.637. The van der Waals surface area contributed by atoms with E-state index in [-0.39, 0.29) is 29.3 Å². The summed E-state index contributed by atoms with van der Waals surface area (Å²) >= 11 is 0. The highest BCUT2D eigenvalue weighted by atomic mass is 16.6. The second-order valence-corrected chi connectivity index (χ2v) is 5.78. The fourth-order valence-corrected chi connectivity index (χ4v) is 3.75. The van der Waals surface area contributed by atoms with E-state index in [1.807, 2.05) is 0 Å². The number of hydrogen-bond acceptors (Lipinski definition) is 6. The maximum atomic E-state index is 12.6. The highest BCUT2D eigenvalue weighted by Crippen LogP contribution is 2.50. The molecule has 0 radical (unpaired) electrons. The summed E-state index contributed by atoms with van der Waals surface area (Å²) < 4.78 is 5.62. The van der Waals surface area contributed by atoms with Crippen molar-refractivity contribution in [3.63, 3.8) is 0 Å². The SMILES string of the molecule is O=C1[C@@H]2[C@H](C(=O)N1c1cc([N+](=O)[O-])ccc1O)[C@@H]1CC[C@@H]2O1. The van der Waals surface area contributed by atoms with Gasteiger partial charge in [-0.2, -0.15) is 0 Å². The lowest BCUT2D eigenvalue weighted by Gasteiger charge is -2.18. The van der Waals surface area contributed by atoms with Crippen molar-refractivity contribution in [2.24, 2.45) is 11.8 Å². The molecule has 0 unspecified atom stereocenters. The summed E-state index contributed by atoms with van der Waals surface area (Å²) in [6.07, 6.45) is 0.939. The molecule has 0 saturated carbocycles. The Bertz CT molecular complexity index is 689. The van der Waals surface area contributed by atoms with Gasteiger partial charge >= 0.3 is 0 Å². The van der Waals surface area contributed by atoms with Crippen LogP contribution in [0.2, 0.25) is 0 Å². The number of carbonyl (C=O) groups is 2. The number of hydrogen-bond donors (Lipinski definition) is 1. The molecule has 4 atom stereocenters. The lowest BCUT2D eigenvalue weighted by Crippen LogP contribution is -2.34. The third kappa shape index (κ3) is 1.55. The van der Waals surface area contributed by atoms with Crippen molar-refractivity contribution in [2.75, 3.05) is 4.90 Å². The number of anilines is 1. The number of non-ortho nitro benzene ring substituents is 1. The predicted octanol–water partition coefficient (Wildman–Crippen LogP) is 0.967. The number of nitro benzene ring substituents is 1. The summed E-state index contributed by atoms with van der Waals surface area (Å²) in [4.78, 5) is 36.2. The second kappa shape index (κ2) is 4.26. The number of imide groups is 1. The Hall–Kier alpha value is -2.48. The Kier molecular flexibility index (Phi) is 2.56. The van der Waals surface area contributed by atoms with Gasteiger partial charge in [-0.1, -0.05) is 0 Å². The van der Waals surface area contributed by atoms with Crippen LogP contribution < -0.4 is 4.90 Å². The first-order chi connectivity index (χ1) is 10.5. The van der Waals surface area contributed by atoms with E-state index in [0.717, 1.165) is 35.9 Å². The molecule has 2 bridgehead atoms. The van der Waals surface area contributed by atoms with Crippen LogP contribution >= 0.6 is 0 Å². The molecule has 114 valence electrons. The van der Waals surface area contributed by atoms with Gasteiger partial charge in [0.25, 0.3) is 5.69 Å². The monoisotopic (exact) mass is 304 g/mol. The molecule has 0 aromatic heterocycles. The summed E-state index contributed by atoms with van der Waals surface area (Å²) in [5.74, 6) is -2.30. The highest BCUT2D eigenvalue weighted by molar-refractivity contribution is 6.23. The van der Waals surface area contributed by atoms with Crippen LogP contribution in [-0.2, 0) is 14.3 Å². The van der Waals surface area contributed by atoms with Crippen LogP contribution in [0, 0.1) is 22.0 Å². The van der Waals surface area contributed by atoms with Gasteiger partial charge in [0.1, 0.15) is 11.4 Å². The van der Waals surface area contributed by atoms with Gasteiger partial charge in [-0.15, -0.1) is 0 Å². The topological polar surface area (TPSA) is 110 Å². The zero-order valence-corrected chi connectivity index (χ0v) is 11.3. The third-order valence-electron chi connectivity index (χ3n) is 4.70. The van der Waals surface area contributed by atoms with Crippen molar-refractivity contribution >= 4 is 23.2 Å². The minimum absolute atomic E-state index is 0.127. The van der Waals surface area contributed by atoms with Gasteiger partial charge < -0.3 is 9.84 Å². The fourth-order valence-electron chi connectivity index (χ4n) is 3.75. The standard InChI is InChI=1S/C14H12N2O6/c17-8-2-1-6(16(20)21)5-7(8)15-13(18)11-9-3-4-10(22-9)12(11)14(15)19/h1-2,5,9-12,17H,3-4H2/t9-,10-,11-,12+/m0/s1. The van der Waals surface area contributed by atoms with Crippen molar-refractivity contribution in [2.45, 2.75) is 25.0 Å². The summed E-state index contributed by atoms with van der Waals surface area (Å²) in [6, 6.07) is 3.29. The Morgan fingerprint density at radius 3 is 2.32 bits per heavy atom. The first-order valence-corrected chi connectivity index (χ1v) is 6.99. The number of rotatable bonds is 2. The number of amides is 2. The molecule has 4 rings (SSSR count). The first kappa shape index (κ1) is 13.2. The zero-order valence-electron chi connectivity index (χ0n) is 11.3. The van der Waals surface area contributed by atoms with Gasteiger partial charge in [0, 0.05) is 12.1 Å². The molecule has 22 heavy (non-hydrogen) atoms. The number of phenolic OH excluding ortho intramolecular Hbond substituents is 1. The largest absolute Gasteiger partial charge is 0.506 e. The van der Waals surface area contributed by atoms with Crippen LogP contribution in [0.25, 0.3) is 0 Å². The molecule has 2 amide bonds. The minimum Gasteiger partial charge on any atom is -0.506 e. The highest BCUT2D eigenvalue weighted by Gasteiger charge is 2.62. The van der Waals surface area contributed by atoms with E-state index in [1.165, 1.54) is 0 Å². The van der Waals surface area contributed by atoms with Gasteiger partial charge in [0.15, 0.2) is 0 Å². The molecule has 8 nitrogen and oxygen atoms in total. The Balaban J connectivity index is 1.78. The van der Waals surface area contributed by atoms with Crippen LogP contribution in [-0.4, -0.2) is 34.1 Å². The Labute approximate surface area is 124 Å². The van der Waals surface area contributed by atoms with Crippen molar-refractivity contribution in [1.82, 2.24) is 0 Å². The Morgan fingerprint density at radius 2 is 1.77 bits per heavy atom. The molecule has 0 aliphatic carbocycles. The van der Waals surface area contributed by atoms with E-state index in [1.54, 1.807) is 0 Å². The number of nitrogens with zero attached hydrogens (tertiary/aromatic N) is 2. The van der Waals surface area contributed by atoms with Crippen LogP contribution in [0.1, 0.15) is 12.8 Å². The number of ether oxygens (including phenoxy) is 1. The molecule has 0 spiro atoms. The third-order valence-corrected chi connectivity index (χ3v) is 4.70. The van der Waals surface area contributed by atoms with Crippen molar-refractivity contribution in [3.05, 3.63) is 28.3 Å². The van der Waals surface area contributed by atoms with Gasteiger partial charge in [-0.05, 0) is 18.9 Å². The summed E-state index contributed by atoms with van der Waals surface area (Å²) in [7, 11) is 0. The van der Waals surface area contributed by atoms with Crippen molar-refractivity contribution < 1.29 is 24.4 Å². The van der Waals surface area contributed by atoms with E-state index >= 15 is 0 Å². The molecule has 1 aromatic carbocycles. The van der Waals surface area contributed by atoms with Crippen LogP contribution in [0.4, 0.5) is 11.4 Å². The maximum Gasteiger partial charge on any atom is 0.271 e. The normalized spacial score (nSPS) is 32.6. The van der Waals surface area contributed by atoms with Gasteiger partial charge in [-0.3, -0.25) is 19.7 Å². The molecule has 3 aliphatic rings. The average molecular weight is 304 g/mol. The van der Waals surface area contributed by atoms with Crippen LogP contribution in [0.3, 0.4) is 0 Å². The molecule has 1 N–H and O–H groups in total. The van der Waals surface area contributed by atoms with E-state index in [0.29, 0.717) is 0 Å². The number of carbonyl (C=O) groups excluding carboxylic acids is 2. The molecule has 8 heteroatoms. The lowest BCUT2D eigenvalue weighted by molar-refractivity contribution is -0.384. The first-order valence-electron chi connectivity index (χ1n) is 6.99. The zero-order chi connectivity index (χ0) is 15.6. The number of nitro groups is 1. The Morgan fingerprint density at radius 1 is 1.18 bits per heavy atom. The molecule has 3 saturated heterocycles. The second-order valence-electron chi connectivity index (χ2n) is 5.78. The summed E-state index contributed by atoms with van der Waals surface area (Å²) in [6.45, 7) is 0. The van der Waals surface area contributed by atoms with E-state index in [2.05, 4.69) is 0 Å². The number of benzene rings is 1. The van der Waals surface area contributed by atoms with Crippen LogP contribution in [0.15, 0.2) is 18.2 Å². The number of fused-ring (bicyclic) bond motifs is 5. The van der Waals surface area contributed by atoms with E-state index < -0.39 is 28.6 Å². The van der Waals surface area contributed by atoms with Crippen molar-refractivity contribution in [3.8, 4) is 5.75 Å². The molecular weight excluding hydrogens is 292 g/mol. The van der Waals surface area contributed by atoms with Gasteiger partial charge in [0.2, 0.25) is 11.8 Å². The summed E-state index contributed by atoms with van der Waals surface area (Å²) in [5, 5.41) is 20.8. The summed E-state index contributed by atoms with van der Waals surface area (Å²) in [5.41, 5.74) is -0.414. The fraction of sp³-hybridized carbons (Fsp3) is 0.429. The molecule has 3 heterocycles. The van der Waals surface area contributed by atoms with Gasteiger partial charge in [-0.25, -0.2) is 4.90 Å². The smallest absolute Gasteiger partial charge is 0.271 e. The molecule has 1 aromatic rings. The number of phenols is 1. The van der Waals surface area contributed by atoms with Crippen LogP contribution in [0.5, 0.6) is 5.75 Å². The lowest BCUT2D eigenvalue weighted by atomic mass is 9.81. The quantitative estimate of drug-likeness (QED) is 0.495. The van der Waals surface area contributed by atoms with E-state index in [9.17, 15) is 24.8 Å². The predicted molar refractivity (Wildman–Crippen MR) is 72.1 cm³/mol. The maximum absolute atomic E-state index is 12.6. The average Bonchev–Trinajstić information content (AvgIpc) is 3.14. The van der Waals surface area contributed by atoms with E-state index in [4.69, 9.17) is 4.74 Å². The molecule has 3 aliphatic heterocycles. The van der Waals surface area contributed by atoms with Crippen molar-refractivity contribution in [1.29, 1.82) is 0 Å². The number of aromatic hydroxyl groups is 1. The van der Waals surface area contributed by atoms with Gasteiger partial charge in [0.05, 0.1) is 29.0 Å².